The van der Waals surface area contributed by atoms with Crippen LogP contribution in [0, 0.1) is 5.82 Å². The molecule has 1 aromatic carbocycles. The summed E-state index contributed by atoms with van der Waals surface area (Å²) in [5.74, 6) is 0.131. The maximum atomic E-state index is 12.8. The summed E-state index contributed by atoms with van der Waals surface area (Å²) in [5, 5.41) is 3.20. The van der Waals surface area contributed by atoms with Crippen molar-refractivity contribution in [3.63, 3.8) is 0 Å². The van der Waals surface area contributed by atoms with Gasteiger partial charge in [-0.05, 0) is 38.1 Å². The first-order valence-electron chi connectivity index (χ1n) is 6.44. The number of rotatable bonds is 3. The Kier molecular flexibility index (Phi) is 4.04. The van der Waals surface area contributed by atoms with Gasteiger partial charge in [0.25, 0.3) is 5.91 Å². The summed E-state index contributed by atoms with van der Waals surface area (Å²) in [6, 6.07) is 5.70. The van der Waals surface area contributed by atoms with Crippen molar-refractivity contribution in [2.75, 3.05) is 26.2 Å². The van der Waals surface area contributed by atoms with E-state index in [4.69, 9.17) is 4.74 Å². The number of halogens is 1. The van der Waals surface area contributed by atoms with Crippen LogP contribution in [0.5, 0.6) is 5.75 Å². The SMILES string of the molecule is CC(C)(Oc1ccc(F)cc1)C(=O)N1CCNCC1. The van der Waals surface area contributed by atoms with Crippen molar-refractivity contribution < 1.29 is 13.9 Å². The molecule has 0 saturated carbocycles. The van der Waals surface area contributed by atoms with Crippen LogP contribution in [0.15, 0.2) is 24.3 Å². The van der Waals surface area contributed by atoms with Crippen molar-refractivity contribution in [2.45, 2.75) is 19.4 Å². The maximum Gasteiger partial charge on any atom is 0.266 e. The second-order valence-electron chi connectivity index (χ2n) is 5.11. The van der Waals surface area contributed by atoms with Gasteiger partial charge in [0, 0.05) is 26.2 Å². The fraction of sp³-hybridized carbons (Fsp3) is 0.500. The second-order valence-corrected chi connectivity index (χ2v) is 5.11. The van der Waals surface area contributed by atoms with E-state index in [1.165, 1.54) is 24.3 Å². The predicted molar refractivity (Wildman–Crippen MR) is 70.6 cm³/mol. The lowest BCUT2D eigenvalue weighted by Crippen LogP contribution is -2.54. The van der Waals surface area contributed by atoms with Crippen LogP contribution < -0.4 is 10.1 Å². The monoisotopic (exact) mass is 266 g/mol. The van der Waals surface area contributed by atoms with Gasteiger partial charge >= 0.3 is 0 Å². The summed E-state index contributed by atoms with van der Waals surface area (Å²) in [5.41, 5.74) is -0.949. The summed E-state index contributed by atoms with van der Waals surface area (Å²) in [6.45, 7) is 6.46. The lowest BCUT2D eigenvalue weighted by atomic mass is 10.1. The highest BCUT2D eigenvalue weighted by molar-refractivity contribution is 5.85. The Morgan fingerprint density at radius 2 is 1.84 bits per heavy atom. The van der Waals surface area contributed by atoms with Crippen molar-refractivity contribution in [3.8, 4) is 5.75 Å². The van der Waals surface area contributed by atoms with Crippen molar-refractivity contribution in [3.05, 3.63) is 30.1 Å². The van der Waals surface area contributed by atoms with E-state index in [1.807, 2.05) is 0 Å². The first-order chi connectivity index (χ1) is 8.99. The lowest BCUT2D eigenvalue weighted by molar-refractivity contribution is -0.146. The van der Waals surface area contributed by atoms with Gasteiger partial charge < -0.3 is 15.0 Å². The van der Waals surface area contributed by atoms with Gasteiger partial charge in [0.05, 0.1) is 0 Å². The van der Waals surface area contributed by atoms with E-state index in [-0.39, 0.29) is 11.7 Å². The highest BCUT2D eigenvalue weighted by Gasteiger charge is 2.34. The summed E-state index contributed by atoms with van der Waals surface area (Å²) < 4.78 is 18.5. The third-order valence-corrected chi connectivity index (χ3v) is 3.11. The fourth-order valence-corrected chi connectivity index (χ4v) is 2.09. The summed E-state index contributed by atoms with van der Waals surface area (Å²) in [6.07, 6.45) is 0. The maximum absolute atomic E-state index is 12.8. The fourth-order valence-electron chi connectivity index (χ4n) is 2.09. The van der Waals surface area contributed by atoms with E-state index in [9.17, 15) is 9.18 Å². The minimum atomic E-state index is -0.949. The summed E-state index contributed by atoms with van der Waals surface area (Å²) in [4.78, 5) is 14.2. The zero-order chi connectivity index (χ0) is 13.9. The van der Waals surface area contributed by atoms with Gasteiger partial charge in [-0.2, -0.15) is 0 Å². The number of nitrogens with zero attached hydrogens (tertiary/aromatic N) is 1. The summed E-state index contributed by atoms with van der Waals surface area (Å²) in [7, 11) is 0. The van der Waals surface area contributed by atoms with Crippen molar-refractivity contribution in [1.82, 2.24) is 10.2 Å². The van der Waals surface area contributed by atoms with Crippen molar-refractivity contribution >= 4 is 5.91 Å². The van der Waals surface area contributed by atoms with Crippen LogP contribution in [0.25, 0.3) is 0 Å². The molecule has 0 spiro atoms. The summed E-state index contributed by atoms with van der Waals surface area (Å²) >= 11 is 0. The molecule has 0 radical (unpaired) electrons. The number of amides is 1. The molecule has 0 unspecified atom stereocenters. The molecule has 1 saturated heterocycles. The molecule has 2 rings (SSSR count). The average Bonchev–Trinajstić information content (AvgIpc) is 2.41. The van der Waals surface area contributed by atoms with E-state index in [0.717, 1.165) is 13.1 Å². The Morgan fingerprint density at radius 3 is 2.42 bits per heavy atom. The van der Waals surface area contributed by atoms with Crippen LogP contribution in [0.4, 0.5) is 4.39 Å². The smallest absolute Gasteiger partial charge is 0.266 e. The first kappa shape index (κ1) is 13.8. The van der Waals surface area contributed by atoms with Gasteiger partial charge in [0.1, 0.15) is 11.6 Å². The number of nitrogens with one attached hydrogen (secondary N) is 1. The van der Waals surface area contributed by atoms with Gasteiger partial charge in [-0.3, -0.25) is 4.79 Å². The second kappa shape index (κ2) is 5.57. The number of ether oxygens (including phenoxy) is 1. The molecule has 1 aliphatic rings. The molecule has 1 N–H and O–H groups in total. The predicted octanol–water partition coefficient (Wildman–Crippen LogP) is 1.41. The van der Waals surface area contributed by atoms with E-state index in [2.05, 4.69) is 5.32 Å². The van der Waals surface area contributed by atoms with Crippen LogP contribution in [-0.4, -0.2) is 42.6 Å². The first-order valence-corrected chi connectivity index (χ1v) is 6.44. The minimum absolute atomic E-state index is 0.0432. The molecule has 0 aromatic heterocycles. The standard InChI is InChI=1S/C14H19FN2O2/c1-14(2,13(18)17-9-7-16-8-10-17)19-12-5-3-11(15)4-6-12/h3-6,16H,7-10H2,1-2H3. The van der Waals surface area contributed by atoms with Crippen LogP contribution in [-0.2, 0) is 4.79 Å². The molecule has 104 valence electrons. The number of piperazine rings is 1. The molecule has 1 heterocycles. The van der Waals surface area contributed by atoms with Crippen LogP contribution >= 0.6 is 0 Å². The average molecular weight is 266 g/mol. The quantitative estimate of drug-likeness (QED) is 0.899. The Bertz CT molecular complexity index is 439. The zero-order valence-electron chi connectivity index (χ0n) is 11.3. The molecule has 5 heteroatoms. The molecule has 1 aliphatic heterocycles. The molecule has 4 nitrogen and oxygen atoms in total. The minimum Gasteiger partial charge on any atom is -0.478 e. The molecule has 0 bridgehead atoms. The Hall–Kier alpha value is -1.62. The van der Waals surface area contributed by atoms with Gasteiger partial charge in [-0.15, -0.1) is 0 Å². The van der Waals surface area contributed by atoms with Crippen molar-refractivity contribution in [2.24, 2.45) is 0 Å². The molecule has 1 amide bonds. The number of benzene rings is 1. The molecule has 0 atom stereocenters. The van der Waals surface area contributed by atoms with Gasteiger partial charge in [-0.1, -0.05) is 0 Å². The van der Waals surface area contributed by atoms with Gasteiger partial charge in [0.2, 0.25) is 0 Å². The number of carbonyl (C=O) groups is 1. The van der Waals surface area contributed by atoms with Crippen LogP contribution in [0.2, 0.25) is 0 Å². The number of carbonyl (C=O) groups excluding carboxylic acids is 1. The van der Waals surface area contributed by atoms with Gasteiger partial charge in [-0.25, -0.2) is 4.39 Å². The highest BCUT2D eigenvalue weighted by atomic mass is 19.1. The van der Waals surface area contributed by atoms with E-state index >= 15 is 0 Å². The van der Waals surface area contributed by atoms with Crippen LogP contribution in [0.3, 0.4) is 0 Å². The molecule has 0 aliphatic carbocycles. The molecule has 19 heavy (non-hydrogen) atoms. The Balaban J connectivity index is 2.04. The third-order valence-electron chi connectivity index (χ3n) is 3.11. The number of hydrogen-bond donors (Lipinski definition) is 1. The van der Waals surface area contributed by atoms with Crippen molar-refractivity contribution in [1.29, 1.82) is 0 Å². The van der Waals surface area contributed by atoms with Crippen LogP contribution in [0.1, 0.15) is 13.8 Å². The van der Waals surface area contributed by atoms with Gasteiger partial charge in [0.15, 0.2) is 5.60 Å². The van der Waals surface area contributed by atoms with E-state index in [1.54, 1.807) is 18.7 Å². The molecule has 1 aromatic rings. The largest absolute Gasteiger partial charge is 0.478 e. The Labute approximate surface area is 112 Å². The topological polar surface area (TPSA) is 41.6 Å². The third kappa shape index (κ3) is 3.44. The molecular weight excluding hydrogens is 247 g/mol. The molecular formula is C14H19FN2O2. The lowest BCUT2D eigenvalue weighted by Gasteiger charge is -2.34. The van der Waals surface area contributed by atoms with E-state index < -0.39 is 5.60 Å². The highest BCUT2D eigenvalue weighted by Crippen LogP contribution is 2.20. The Morgan fingerprint density at radius 1 is 1.26 bits per heavy atom. The number of hydrogen-bond acceptors (Lipinski definition) is 3. The zero-order valence-corrected chi connectivity index (χ0v) is 11.3. The normalized spacial score (nSPS) is 16.3. The molecule has 1 fully saturated rings. The van der Waals surface area contributed by atoms with E-state index in [0.29, 0.717) is 18.8 Å².